The highest BCUT2D eigenvalue weighted by Crippen LogP contribution is 2.26. The molecule has 3 aromatic rings. The molecule has 218 valence electrons. The first-order chi connectivity index (χ1) is 19.6. The largest absolute Gasteiger partial charge is 0.497 e. The Bertz CT molecular complexity index is 1460. The Morgan fingerprint density at radius 2 is 1.68 bits per heavy atom. The predicted molar refractivity (Wildman–Crippen MR) is 156 cm³/mol. The van der Waals surface area contributed by atoms with E-state index in [9.17, 15) is 22.4 Å². The summed E-state index contributed by atoms with van der Waals surface area (Å²) in [5.41, 5.74) is 1.72. The van der Waals surface area contributed by atoms with Crippen LogP contribution in [-0.4, -0.2) is 50.9 Å². The van der Waals surface area contributed by atoms with E-state index in [-0.39, 0.29) is 29.1 Å². The monoisotopic (exact) mass is 581 g/mol. The summed E-state index contributed by atoms with van der Waals surface area (Å²) in [5, 5.41) is 3.04. The first-order valence-corrected chi connectivity index (χ1v) is 15.1. The SMILES string of the molecule is COc1cccc(CN(C(=O)CN(c2ccc(F)cc2)S(=O)(=O)c2ccc(C)cc2)[C@H](C)C(=O)NC2CCCC2)c1. The van der Waals surface area contributed by atoms with Gasteiger partial charge < -0.3 is 15.0 Å². The lowest BCUT2D eigenvalue weighted by Gasteiger charge is -2.32. The van der Waals surface area contributed by atoms with E-state index >= 15 is 0 Å². The number of rotatable bonds is 11. The standard InChI is InChI=1S/C31H36FN3O5S/c1-22-11-17-29(18-12-22)41(38,39)35(27-15-13-25(32)14-16-27)21-30(36)34(20-24-7-6-10-28(19-24)40-3)23(2)31(37)33-26-8-4-5-9-26/h6-7,10-19,23,26H,4-5,8-9,20-21H2,1-3H3,(H,33,37)/t23-/m1/s1. The number of amides is 2. The second-order valence-electron chi connectivity index (χ2n) is 10.3. The quantitative estimate of drug-likeness (QED) is 0.351. The molecule has 10 heteroatoms. The van der Waals surface area contributed by atoms with Crippen LogP contribution in [0.25, 0.3) is 0 Å². The molecule has 0 aromatic heterocycles. The number of halogens is 1. The van der Waals surface area contributed by atoms with Crippen molar-refractivity contribution in [1.82, 2.24) is 10.2 Å². The molecule has 0 spiro atoms. The number of aryl methyl sites for hydroxylation is 1. The van der Waals surface area contributed by atoms with Crippen molar-refractivity contribution in [1.29, 1.82) is 0 Å². The highest BCUT2D eigenvalue weighted by Gasteiger charge is 2.33. The van der Waals surface area contributed by atoms with Gasteiger partial charge in [0, 0.05) is 12.6 Å². The van der Waals surface area contributed by atoms with Crippen LogP contribution in [0.1, 0.15) is 43.7 Å². The van der Waals surface area contributed by atoms with Gasteiger partial charge in [-0.1, -0.05) is 42.7 Å². The van der Waals surface area contributed by atoms with Crippen molar-refractivity contribution in [2.75, 3.05) is 18.0 Å². The molecule has 0 unspecified atom stereocenters. The fraction of sp³-hybridized carbons (Fsp3) is 0.355. The zero-order valence-corrected chi connectivity index (χ0v) is 24.4. The van der Waals surface area contributed by atoms with Gasteiger partial charge in [0.1, 0.15) is 24.2 Å². The van der Waals surface area contributed by atoms with Crippen LogP contribution in [0.5, 0.6) is 5.75 Å². The molecule has 1 saturated carbocycles. The molecule has 0 saturated heterocycles. The van der Waals surface area contributed by atoms with E-state index in [1.54, 1.807) is 37.3 Å². The minimum atomic E-state index is -4.22. The summed E-state index contributed by atoms with van der Waals surface area (Å²) >= 11 is 0. The fourth-order valence-corrected chi connectivity index (χ4v) is 6.33. The van der Waals surface area contributed by atoms with Gasteiger partial charge in [-0.3, -0.25) is 13.9 Å². The smallest absolute Gasteiger partial charge is 0.264 e. The number of carbonyl (C=O) groups is 2. The molecular formula is C31H36FN3O5S. The van der Waals surface area contributed by atoms with Crippen LogP contribution in [0.2, 0.25) is 0 Å². The summed E-state index contributed by atoms with van der Waals surface area (Å²) in [4.78, 5) is 28.7. The van der Waals surface area contributed by atoms with Crippen LogP contribution >= 0.6 is 0 Å². The minimum absolute atomic E-state index is 0.00778. The zero-order chi connectivity index (χ0) is 29.6. The number of carbonyl (C=O) groups excluding carboxylic acids is 2. The Hall–Kier alpha value is -3.92. The van der Waals surface area contributed by atoms with Gasteiger partial charge in [-0.05, 0) is 80.8 Å². The van der Waals surface area contributed by atoms with Crippen LogP contribution in [0.4, 0.5) is 10.1 Å². The van der Waals surface area contributed by atoms with Gasteiger partial charge in [-0.2, -0.15) is 0 Å². The van der Waals surface area contributed by atoms with E-state index in [0.717, 1.165) is 47.7 Å². The van der Waals surface area contributed by atoms with Crippen molar-refractivity contribution in [3.63, 3.8) is 0 Å². The number of anilines is 1. The number of methoxy groups -OCH3 is 1. The molecule has 3 aromatic carbocycles. The van der Waals surface area contributed by atoms with Crippen LogP contribution in [0, 0.1) is 12.7 Å². The Kier molecular flexibility index (Phi) is 9.65. The summed E-state index contributed by atoms with van der Waals surface area (Å²) in [6, 6.07) is 17.5. The van der Waals surface area contributed by atoms with Crippen LogP contribution in [-0.2, 0) is 26.2 Å². The van der Waals surface area contributed by atoms with E-state index in [0.29, 0.717) is 11.3 Å². The number of benzene rings is 3. The predicted octanol–water partition coefficient (Wildman–Crippen LogP) is 4.81. The molecule has 0 bridgehead atoms. The lowest BCUT2D eigenvalue weighted by Crippen LogP contribution is -2.52. The first-order valence-electron chi connectivity index (χ1n) is 13.7. The highest BCUT2D eigenvalue weighted by atomic mass is 32.2. The summed E-state index contributed by atoms with van der Waals surface area (Å²) in [6.45, 7) is 2.94. The van der Waals surface area contributed by atoms with E-state index < -0.39 is 34.3 Å². The van der Waals surface area contributed by atoms with Gasteiger partial charge in [-0.15, -0.1) is 0 Å². The number of nitrogens with zero attached hydrogens (tertiary/aromatic N) is 2. The molecule has 1 aliphatic rings. The number of hydrogen-bond acceptors (Lipinski definition) is 5. The summed E-state index contributed by atoms with van der Waals surface area (Å²) < 4.78 is 47.7. The summed E-state index contributed by atoms with van der Waals surface area (Å²) in [7, 11) is -2.68. The molecule has 0 aliphatic heterocycles. The minimum Gasteiger partial charge on any atom is -0.497 e. The van der Waals surface area contributed by atoms with Crippen LogP contribution < -0.4 is 14.4 Å². The zero-order valence-electron chi connectivity index (χ0n) is 23.5. The number of ether oxygens (including phenoxy) is 1. The van der Waals surface area contributed by atoms with E-state index in [2.05, 4.69) is 5.32 Å². The average Bonchev–Trinajstić information content (AvgIpc) is 3.48. The van der Waals surface area contributed by atoms with Crippen molar-refractivity contribution >= 4 is 27.5 Å². The van der Waals surface area contributed by atoms with Crippen molar-refractivity contribution < 1.29 is 27.1 Å². The molecule has 0 radical (unpaired) electrons. The van der Waals surface area contributed by atoms with Gasteiger partial charge in [-0.25, -0.2) is 12.8 Å². The Morgan fingerprint density at radius 1 is 1.02 bits per heavy atom. The van der Waals surface area contributed by atoms with Crippen LogP contribution in [0.3, 0.4) is 0 Å². The molecule has 1 atom stereocenters. The Morgan fingerprint density at radius 3 is 2.32 bits per heavy atom. The summed E-state index contributed by atoms with van der Waals surface area (Å²) in [6.07, 6.45) is 3.84. The number of nitrogens with one attached hydrogen (secondary N) is 1. The lowest BCUT2D eigenvalue weighted by atomic mass is 10.1. The van der Waals surface area contributed by atoms with Gasteiger partial charge in [0.2, 0.25) is 11.8 Å². The molecule has 1 N–H and O–H groups in total. The Balaban J connectivity index is 1.68. The maximum absolute atomic E-state index is 14.0. The average molecular weight is 582 g/mol. The maximum atomic E-state index is 14.0. The van der Waals surface area contributed by atoms with Crippen molar-refractivity contribution in [3.05, 3.63) is 89.7 Å². The van der Waals surface area contributed by atoms with E-state index in [1.165, 1.54) is 36.3 Å². The molecule has 1 fully saturated rings. The fourth-order valence-electron chi connectivity index (χ4n) is 4.92. The van der Waals surface area contributed by atoms with E-state index in [4.69, 9.17) is 4.74 Å². The van der Waals surface area contributed by atoms with Crippen molar-refractivity contribution in [2.24, 2.45) is 0 Å². The van der Waals surface area contributed by atoms with Gasteiger partial charge >= 0.3 is 0 Å². The molecule has 0 heterocycles. The first kappa shape index (κ1) is 30.0. The maximum Gasteiger partial charge on any atom is 0.264 e. The van der Waals surface area contributed by atoms with Gasteiger partial charge in [0.05, 0.1) is 17.7 Å². The van der Waals surface area contributed by atoms with Gasteiger partial charge in [0.15, 0.2) is 0 Å². The van der Waals surface area contributed by atoms with Crippen LogP contribution in [0.15, 0.2) is 77.7 Å². The molecule has 41 heavy (non-hydrogen) atoms. The van der Waals surface area contributed by atoms with Crippen molar-refractivity contribution in [2.45, 2.75) is 63.1 Å². The topological polar surface area (TPSA) is 96.0 Å². The lowest BCUT2D eigenvalue weighted by molar-refractivity contribution is -0.139. The third kappa shape index (κ3) is 7.43. The second-order valence-corrected chi connectivity index (χ2v) is 12.2. The highest BCUT2D eigenvalue weighted by molar-refractivity contribution is 7.92. The molecule has 2 amide bonds. The third-order valence-corrected chi connectivity index (χ3v) is 9.15. The Labute approximate surface area is 241 Å². The molecule has 1 aliphatic carbocycles. The summed E-state index contributed by atoms with van der Waals surface area (Å²) in [5.74, 6) is -0.831. The molecule has 8 nitrogen and oxygen atoms in total. The number of sulfonamides is 1. The van der Waals surface area contributed by atoms with E-state index in [1.807, 2.05) is 13.0 Å². The second kappa shape index (κ2) is 13.2. The van der Waals surface area contributed by atoms with Gasteiger partial charge in [0.25, 0.3) is 10.0 Å². The molecule has 4 rings (SSSR count). The number of hydrogen-bond donors (Lipinski definition) is 1. The normalized spacial score (nSPS) is 14.3. The molecular weight excluding hydrogens is 545 g/mol. The third-order valence-electron chi connectivity index (χ3n) is 7.36. The van der Waals surface area contributed by atoms with Crippen molar-refractivity contribution in [3.8, 4) is 5.75 Å².